The SMILES string of the molecule is COC(=O)[C@@]1(OC)C[C@H](OC(C)=O)[C@@H](NC(=O)OCc2ccccc2)[C@H]([C@H](OC(C)=O)[C@@H](COC(C)=O)OC(C)=O)O1. The molecular formula is C27H35NO14. The Morgan fingerprint density at radius 2 is 1.55 bits per heavy atom. The first kappa shape index (κ1) is 34.0. The summed E-state index contributed by atoms with van der Waals surface area (Å²) < 4.78 is 42.8. The molecule has 1 aromatic rings. The molecule has 2 rings (SSSR count). The first-order valence-corrected chi connectivity index (χ1v) is 12.8. The number of ether oxygens (including phenoxy) is 8. The second-order valence-corrected chi connectivity index (χ2v) is 9.14. The Bertz CT molecular complexity index is 1130. The highest BCUT2D eigenvalue weighted by atomic mass is 16.7. The quantitative estimate of drug-likeness (QED) is 0.265. The van der Waals surface area contributed by atoms with E-state index in [4.69, 9.17) is 37.9 Å². The number of benzene rings is 1. The van der Waals surface area contributed by atoms with E-state index in [0.717, 1.165) is 41.9 Å². The molecule has 0 aliphatic carbocycles. The van der Waals surface area contributed by atoms with E-state index in [1.165, 1.54) is 0 Å². The molecule has 15 heteroatoms. The molecule has 0 aromatic heterocycles. The fourth-order valence-corrected chi connectivity index (χ4v) is 4.28. The molecule has 1 heterocycles. The predicted molar refractivity (Wildman–Crippen MR) is 138 cm³/mol. The maximum Gasteiger partial charge on any atom is 0.407 e. The standard InChI is InChI=1S/C27H35NO14/c1-15(29)37-14-21(40-17(3)31)23(41-18(4)32)24-22(28-26(34)38-13-19-10-8-7-9-11-19)20(39-16(2)30)12-27(36-6,42-24)25(33)35-5/h7-11,20-24H,12-14H2,1-6H3,(H,28,34)/t20-,21+,22+,23+,24+,27+/m0/s1. The monoisotopic (exact) mass is 597 g/mol. The summed E-state index contributed by atoms with van der Waals surface area (Å²) in [5, 5.41) is 2.53. The Morgan fingerprint density at radius 1 is 0.905 bits per heavy atom. The van der Waals surface area contributed by atoms with Crippen molar-refractivity contribution in [2.75, 3.05) is 20.8 Å². The Kier molecular flexibility index (Phi) is 12.7. The van der Waals surface area contributed by atoms with Crippen LogP contribution in [0.25, 0.3) is 0 Å². The Hall–Kier alpha value is -4.24. The number of rotatable bonds is 12. The van der Waals surface area contributed by atoms with Gasteiger partial charge in [0, 0.05) is 34.8 Å². The molecule has 1 aromatic carbocycles. The molecule has 1 aliphatic heterocycles. The smallest absolute Gasteiger partial charge is 0.407 e. The van der Waals surface area contributed by atoms with E-state index in [9.17, 15) is 28.8 Å². The van der Waals surface area contributed by atoms with E-state index < -0.39 is 85.2 Å². The van der Waals surface area contributed by atoms with Crippen molar-refractivity contribution in [2.24, 2.45) is 0 Å². The maximum atomic E-state index is 13.0. The van der Waals surface area contributed by atoms with Crippen LogP contribution in [0, 0.1) is 0 Å². The zero-order valence-electron chi connectivity index (χ0n) is 24.1. The number of esters is 5. The molecule has 1 amide bonds. The average Bonchev–Trinajstić information content (AvgIpc) is 2.93. The average molecular weight is 598 g/mol. The van der Waals surface area contributed by atoms with Gasteiger partial charge in [-0.05, 0) is 5.56 Å². The number of carbonyl (C=O) groups excluding carboxylic acids is 6. The van der Waals surface area contributed by atoms with Gasteiger partial charge in [-0.3, -0.25) is 19.2 Å². The van der Waals surface area contributed by atoms with Crippen LogP contribution in [-0.2, 0) is 68.5 Å². The van der Waals surface area contributed by atoms with Gasteiger partial charge < -0.3 is 43.2 Å². The normalized spacial score (nSPS) is 22.9. The summed E-state index contributed by atoms with van der Waals surface area (Å²) >= 11 is 0. The molecule has 0 bridgehead atoms. The van der Waals surface area contributed by atoms with Crippen LogP contribution in [0.15, 0.2) is 30.3 Å². The number of methoxy groups -OCH3 is 2. The fraction of sp³-hybridized carbons (Fsp3) is 0.556. The largest absolute Gasteiger partial charge is 0.465 e. The highest BCUT2D eigenvalue weighted by Crippen LogP contribution is 2.36. The summed E-state index contributed by atoms with van der Waals surface area (Å²) in [5.74, 6) is -6.61. The van der Waals surface area contributed by atoms with Crippen molar-refractivity contribution in [1.29, 1.82) is 0 Å². The van der Waals surface area contributed by atoms with Gasteiger partial charge >= 0.3 is 35.9 Å². The minimum atomic E-state index is -2.24. The van der Waals surface area contributed by atoms with Crippen LogP contribution in [0.5, 0.6) is 0 Å². The molecule has 0 unspecified atom stereocenters. The van der Waals surface area contributed by atoms with Crippen molar-refractivity contribution in [3.63, 3.8) is 0 Å². The van der Waals surface area contributed by atoms with Gasteiger partial charge in [-0.1, -0.05) is 30.3 Å². The summed E-state index contributed by atoms with van der Waals surface area (Å²) in [7, 11) is 2.17. The van der Waals surface area contributed by atoms with Crippen LogP contribution >= 0.6 is 0 Å². The lowest BCUT2D eigenvalue weighted by Crippen LogP contribution is -2.69. The maximum absolute atomic E-state index is 13.0. The molecule has 0 saturated carbocycles. The van der Waals surface area contributed by atoms with E-state index in [0.29, 0.717) is 5.56 Å². The molecule has 1 saturated heterocycles. The zero-order valence-corrected chi connectivity index (χ0v) is 24.1. The van der Waals surface area contributed by atoms with Crippen molar-refractivity contribution in [1.82, 2.24) is 5.32 Å². The third-order valence-corrected chi connectivity index (χ3v) is 5.95. The third kappa shape index (κ3) is 9.69. The minimum absolute atomic E-state index is 0.136. The second-order valence-electron chi connectivity index (χ2n) is 9.14. The van der Waals surface area contributed by atoms with Gasteiger partial charge in [0.2, 0.25) is 0 Å². The highest BCUT2D eigenvalue weighted by Gasteiger charge is 2.59. The van der Waals surface area contributed by atoms with Crippen molar-refractivity contribution < 1.29 is 66.7 Å². The van der Waals surface area contributed by atoms with Crippen LogP contribution in [0.3, 0.4) is 0 Å². The third-order valence-electron chi connectivity index (χ3n) is 5.95. The second kappa shape index (κ2) is 15.7. The lowest BCUT2D eigenvalue weighted by molar-refractivity contribution is -0.307. The summed E-state index contributed by atoms with van der Waals surface area (Å²) in [6.45, 7) is 3.53. The Balaban J connectivity index is 2.61. The molecule has 15 nitrogen and oxygen atoms in total. The summed E-state index contributed by atoms with van der Waals surface area (Å²) in [6.07, 6.45) is -7.67. The van der Waals surface area contributed by atoms with Crippen molar-refractivity contribution in [3.8, 4) is 0 Å². The molecule has 1 fully saturated rings. The topological polar surface area (TPSA) is 188 Å². The van der Waals surface area contributed by atoms with Gasteiger partial charge in [0.05, 0.1) is 19.6 Å². The molecule has 232 valence electrons. The first-order valence-electron chi connectivity index (χ1n) is 12.8. The fourth-order valence-electron chi connectivity index (χ4n) is 4.28. The number of hydrogen-bond donors (Lipinski definition) is 1. The number of nitrogens with one attached hydrogen (secondary N) is 1. The molecule has 1 aliphatic rings. The van der Waals surface area contributed by atoms with Crippen LogP contribution in [0.4, 0.5) is 4.79 Å². The van der Waals surface area contributed by atoms with Gasteiger partial charge in [-0.15, -0.1) is 0 Å². The van der Waals surface area contributed by atoms with E-state index >= 15 is 0 Å². The predicted octanol–water partition coefficient (Wildman–Crippen LogP) is 0.944. The first-order chi connectivity index (χ1) is 19.8. The van der Waals surface area contributed by atoms with Crippen molar-refractivity contribution in [3.05, 3.63) is 35.9 Å². The lowest BCUT2D eigenvalue weighted by atomic mass is 9.88. The summed E-state index contributed by atoms with van der Waals surface area (Å²) in [6, 6.07) is 7.32. The molecule has 0 radical (unpaired) electrons. The Labute approximate surface area is 242 Å². The molecule has 42 heavy (non-hydrogen) atoms. The summed E-state index contributed by atoms with van der Waals surface area (Å²) in [4.78, 5) is 73.8. The minimum Gasteiger partial charge on any atom is -0.465 e. The van der Waals surface area contributed by atoms with E-state index in [1.807, 2.05) is 0 Å². The van der Waals surface area contributed by atoms with Crippen LogP contribution in [0.1, 0.15) is 39.7 Å². The van der Waals surface area contributed by atoms with Crippen molar-refractivity contribution in [2.45, 2.75) is 77.0 Å². The van der Waals surface area contributed by atoms with Crippen LogP contribution < -0.4 is 5.32 Å². The molecule has 6 atom stereocenters. The zero-order chi connectivity index (χ0) is 31.4. The number of alkyl carbamates (subject to hydrolysis) is 1. The highest BCUT2D eigenvalue weighted by molar-refractivity contribution is 5.78. The van der Waals surface area contributed by atoms with Gasteiger partial charge in [-0.2, -0.15) is 0 Å². The summed E-state index contributed by atoms with van der Waals surface area (Å²) in [5.41, 5.74) is 0.666. The van der Waals surface area contributed by atoms with Crippen LogP contribution in [0.2, 0.25) is 0 Å². The number of amides is 1. The number of hydrogen-bond acceptors (Lipinski definition) is 14. The molecule has 1 N–H and O–H groups in total. The van der Waals surface area contributed by atoms with Gasteiger partial charge in [-0.25, -0.2) is 9.59 Å². The van der Waals surface area contributed by atoms with E-state index in [1.54, 1.807) is 30.3 Å². The van der Waals surface area contributed by atoms with Crippen molar-refractivity contribution >= 4 is 35.9 Å². The van der Waals surface area contributed by atoms with Gasteiger partial charge in [0.25, 0.3) is 5.79 Å². The van der Waals surface area contributed by atoms with E-state index in [2.05, 4.69) is 5.32 Å². The van der Waals surface area contributed by atoms with Gasteiger partial charge in [0.1, 0.15) is 25.4 Å². The Morgan fingerprint density at radius 3 is 2.07 bits per heavy atom. The number of carbonyl (C=O) groups is 6. The molecular weight excluding hydrogens is 562 g/mol. The van der Waals surface area contributed by atoms with Crippen LogP contribution in [-0.4, -0.2) is 93.0 Å². The van der Waals surface area contributed by atoms with E-state index in [-0.39, 0.29) is 6.61 Å². The van der Waals surface area contributed by atoms with Gasteiger partial charge in [0.15, 0.2) is 12.2 Å². The molecule has 0 spiro atoms. The lowest BCUT2D eigenvalue weighted by Gasteiger charge is -2.48.